The lowest BCUT2D eigenvalue weighted by molar-refractivity contribution is -0.137. The molecule has 3 unspecified atom stereocenters. The topological polar surface area (TPSA) is 171 Å². The number of likely N-dealkylation sites (tertiary alicyclic amines) is 1. The fraction of sp³-hybridized carbons (Fsp3) is 0.357. The number of Topliss-reactive ketones (excluding diaryl/α,β-unsaturated/α-hetero) is 1. The summed E-state index contributed by atoms with van der Waals surface area (Å²) in [6, 6.07) is 5.92. The second-order valence-corrected chi connectivity index (χ2v) is 10.8. The van der Waals surface area contributed by atoms with Gasteiger partial charge >= 0.3 is 0 Å². The minimum absolute atomic E-state index is 0.0200. The highest BCUT2D eigenvalue weighted by molar-refractivity contribution is 6.05. The van der Waals surface area contributed by atoms with Crippen molar-refractivity contribution in [3.05, 3.63) is 53.6 Å². The summed E-state index contributed by atoms with van der Waals surface area (Å²) in [6.45, 7) is 1.23. The number of hydrogen-bond donors (Lipinski definition) is 2. The fourth-order valence-electron chi connectivity index (χ4n) is 5.75. The van der Waals surface area contributed by atoms with E-state index in [9.17, 15) is 23.6 Å². The number of halogens is 1. The summed E-state index contributed by atoms with van der Waals surface area (Å²) < 4.78 is 17.5. The van der Waals surface area contributed by atoms with E-state index in [1.54, 1.807) is 48.4 Å². The van der Waals surface area contributed by atoms with Crippen molar-refractivity contribution in [2.24, 2.45) is 18.7 Å². The molecule has 6 rings (SSSR count). The van der Waals surface area contributed by atoms with Gasteiger partial charge in [0.2, 0.25) is 11.8 Å². The number of alkyl halides is 1. The third kappa shape index (κ3) is 4.78. The molecule has 1 aliphatic heterocycles. The molecule has 0 spiro atoms. The van der Waals surface area contributed by atoms with Gasteiger partial charge in [-0.15, -0.1) is 0 Å². The number of nitrogens with zero attached hydrogens (tertiary/aromatic N) is 7. The Labute approximate surface area is 238 Å². The van der Waals surface area contributed by atoms with Crippen molar-refractivity contribution in [1.82, 2.24) is 34.7 Å². The highest BCUT2D eigenvalue weighted by atomic mass is 19.1. The van der Waals surface area contributed by atoms with Gasteiger partial charge in [-0.1, -0.05) is 13.0 Å². The average molecular weight is 574 g/mol. The van der Waals surface area contributed by atoms with Gasteiger partial charge in [-0.2, -0.15) is 20.4 Å². The van der Waals surface area contributed by atoms with Crippen molar-refractivity contribution < 1.29 is 23.6 Å². The Kier molecular flexibility index (Phi) is 6.75. The first-order valence-corrected chi connectivity index (χ1v) is 13.5. The smallest absolute Gasteiger partial charge is 0.269 e. The van der Waals surface area contributed by atoms with Crippen molar-refractivity contribution in [2.45, 2.75) is 44.9 Å². The normalized spacial score (nSPS) is 20.1. The number of fused-ring (bicyclic) bond motifs is 2. The van der Waals surface area contributed by atoms with Crippen LogP contribution < -0.4 is 11.1 Å². The Balaban J connectivity index is 1.25. The number of nitrogens with one attached hydrogen (secondary N) is 1. The molecule has 1 saturated heterocycles. The molecule has 2 aliphatic rings. The Morgan fingerprint density at radius 2 is 1.95 bits per heavy atom. The SMILES string of the molecule is CC1Cc2c(NC(=O)C3CC(F)CN3C(=O)Cn3nc(C(N)=O)c4cc(-c5ccnnc5)ccc43)nn(C)c2CC1=O. The highest BCUT2D eigenvalue weighted by Gasteiger charge is 2.41. The number of nitrogens with two attached hydrogens (primary N) is 1. The van der Waals surface area contributed by atoms with Crippen LogP contribution in [-0.2, 0) is 40.8 Å². The van der Waals surface area contributed by atoms with Crippen LogP contribution in [0, 0.1) is 5.92 Å². The first kappa shape index (κ1) is 27.2. The third-order valence-corrected chi connectivity index (χ3v) is 7.98. The van der Waals surface area contributed by atoms with E-state index in [1.807, 2.05) is 6.92 Å². The lowest BCUT2D eigenvalue weighted by Gasteiger charge is -2.24. The maximum Gasteiger partial charge on any atom is 0.269 e. The molecule has 42 heavy (non-hydrogen) atoms. The van der Waals surface area contributed by atoms with Crippen LogP contribution in [-0.4, -0.2) is 76.9 Å². The Morgan fingerprint density at radius 1 is 1.14 bits per heavy atom. The van der Waals surface area contributed by atoms with Crippen LogP contribution in [0.2, 0.25) is 0 Å². The Morgan fingerprint density at radius 3 is 2.69 bits per heavy atom. The molecule has 0 radical (unpaired) electrons. The Hall–Kier alpha value is -5.01. The Bertz CT molecular complexity index is 1750. The van der Waals surface area contributed by atoms with E-state index in [2.05, 4.69) is 25.7 Å². The van der Waals surface area contributed by atoms with E-state index in [0.717, 1.165) is 22.4 Å². The maximum atomic E-state index is 14.6. The summed E-state index contributed by atoms with van der Waals surface area (Å²) in [5.74, 6) is -1.66. The van der Waals surface area contributed by atoms with Crippen LogP contribution in [0.15, 0.2) is 36.7 Å². The van der Waals surface area contributed by atoms with Crippen LogP contribution in [0.3, 0.4) is 0 Å². The van der Waals surface area contributed by atoms with Gasteiger partial charge < -0.3 is 16.0 Å². The summed E-state index contributed by atoms with van der Waals surface area (Å²) in [4.78, 5) is 52.5. The summed E-state index contributed by atoms with van der Waals surface area (Å²) in [7, 11) is 1.70. The van der Waals surface area contributed by atoms with E-state index in [1.165, 1.54) is 9.58 Å². The average Bonchev–Trinajstić information content (AvgIpc) is 3.63. The van der Waals surface area contributed by atoms with Crippen molar-refractivity contribution in [3.63, 3.8) is 0 Å². The molecule has 1 fully saturated rings. The zero-order chi connectivity index (χ0) is 29.7. The van der Waals surface area contributed by atoms with E-state index in [0.29, 0.717) is 23.1 Å². The zero-order valence-corrected chi connectivity index (χ0v) is 23.0. The molecular formula is C28H28FN9O4. The molecule has 14 heteroatoms. The van der Waals surface area contributed by atoms with Crippen molar-refractivity contribution in [3.8, 4) is 11.1 Å². The fourth-order valence-corrected chi connectivity index (χ4v) is 5.75. The van der Waals surface area contributed by atoms with Gasteiger partial charge in [0.15, 0.2) is 11.5 Å². The van der Waals surface area contributed by atoms with E-state index in [-0.39, 0.29) is 43.3 Å². The molecule has 3 aromatic heterocycles. The number of rotatable bonds is 6. The summed E-state index contributed by atoms with van der Waals surface area (Å²) in [5, 5.41) is 19.5. The van der Waals surface area contributed by atoms with Gasteiger partial charge in [-0.25, -0.2) is 4.39 Å². The van der Waals surface area contributed by atoms with E-state index < -0.39 is 29.9 Å². The summed E-state index contributed by atoms with van der Waals surface area (Å²) in [6.07, 6.45) is 2.21. The highest BCUT2D eigenvalue weighted by Crippen LogP contribution is 2.31. The first-order valence-electron chi connectivity index (χ1n) is 13.5. The minimum atomic E-state index is -1.40. The molecule has 3 amide bonds. The quantitative estimate of drug-likeness (QED) is 0.347. The summed E-state index contributed by atoms with van der Waals surface area (Å²) in [5.41, 5.74) is 9.07. The van der Waals surface area contributed by atoms with Gasteiger partial charge in [-0.05, 0) is 30.2 Å². The predicted molar refractivity (Wildman–Crippen MR) is 148 cm³/mol. The van der Waals surface area contributed by atoms with Crippen LogP contribution in [0.1, 0.15) is 35.1 Å². The monoisotopic (exact) mass is 573 g/mol. The molecular weight excluding hydrogens is 545 g/mol. The largest absolute Gasteiger partial charge is 0.364 e. The summed E-state index contributed by atoms with van der Waals surface area (Å²) >= 11 is 0. The lowest BCUT2D eigenvalue weighted by atomic mass is 9.87. The van der Waals surface area contributed by atoms with Gasteiger partial charge in [0.25, 0.3) is 5.91 Å². The van der Waals surface area contributed by atoms with Gasteiger partial charge in [0.05, 0.1) is 30.1 Å². The van der Waals surface area contributed by atoms with Crippen LogP contribution in [0.4, 0.5) is 10.2 Å². The molecule has 0 bridgehead atoms. The van der Waals surface area contributed by atoms with Crippen LogP contribution >= 0.6 is 0 Å². The second kappa shape index (κ2) is 10.4. The van der Waals surface area contributed by atoms with Gasteiger partial charge in [0, 0.05) is 42.3 Å². The number of hydrogen-bond acceptors (Lipinski definition) is 8. The second-order valence-electron chi connectivity index (χ2n) is 10.8. The van der Waals surface area contributed by atoms with Gasteiger partial charge in [0.1, 0.15) is 24.5 Å². The van der Waals surface area contributed by atoms with Crippen LogP contribution in [0.25, 0.3) is 22.0 Å². The number of benzene rings is 1. The molecule has 3 N–H and O–H groups in total. The number of carbonyl (C=O) groups is 4. The molecule has 1 aromatic carbocycles. The third-order valence-electron chi connectivity index (χ3n) is 7.98. The standard InChI is InChI=1S/C28H28FN9O4/c1-14-7-19-21(10-23(14)39)36(2)35-27(19)33-28(42)22-9-17(29)12-37(22)24(40)13-38-20-4-3-15(16-5-6-31-32-11-16)8-18(20)25(34-38)26(30)41/h3-6,8,11,14,17,22H,7,9-10,12-13H2,1-2H3,(H2,30,41)(H,33,35,42). The number of carbonyl (C=O) groups excluding carboxylic acids is 4. The number of primary amides is 1. The van der Waals surface area contributed by atoms with Gasteiger partial charge in [-0.3, -0.25) is 28.5 Å². The van der Waals surface area contributed by atoms with Crippen molar-refractivity contribution in [2.75, 3.05) is 11.9 Å². The maximum absolute atomic E-state index is 14.6. The minimum Gasteiger partial charge on any atom is -0.364 e. The number of aryl methyl sites for hydroxylation is 1. The lowest BCUT2D eigenvalue weighted by Crippen LogP contribution is -2.44. The number of amides is 3. The van der Waals surface area contributed by atoms with E-state index in [4.69, 9.17) is 5.73 Å². The zero-order valence-electron chi connectivity index (χ0n) is 23.0. The molecule has 4 aromatic rings. The van der Waals surface area contributed by atoms with Crippen LogP contribution in [0.5, 0.6) is 0 Å². The molecule has 3 atom stereocenters. The molecule has 0 saturated carbocycles. The molecule has 1 aliphatic carbocycles. The number of aromatic nitrogens is 6. The molecule has 216 valence electrons. The number of anilines is 1. The van der Waals surface area contributed by atoms with Crippen molar-refractivity contribution >= 4 is 40.2 Å². The number of ketones is 1. The molecule has 4 heterocycles. The predicted octanol–water partition coefficient (Wildman–Crippen LogP) is 1.21. The van der Waals surface area contributed by atoms with Crippen molar-refractivity contribution in [1.29, 1.82) is 0 Å². The van der Waals surface area contributed by atoms with E-state index >= 15 is 0 Å². The molecule has 13 nitrogen and oxygen atoms in total. The first-order chi connectivity index (χ1) is 20.1.